The van der Waals surface area contributed by atoms with Crippen LogP contribution < -0.4 is 0 Å². The molecule has 0 aromatic heterocycles. The maximum atomic E-state index is 11.9. The topological polar surface area (TPSA) is 236 Å². The van der Waals surface area contributed by atoms with E-state index in [1.165, 1.54) is 0 Å². The van der Waals surface area contributed by atoms with Gasteiger partial charge in [0, 0.05) is 25.7 Å². The van der Waals surface area contributed by atoms with Crippen molar-refractivity contribution in [3.8, 4) is 0 Å². The molecule has 0 aliphatic carbocycles. The lowest BCUT2D eigenvalue weighted by Gasteiger charge is -2.22. The summed E-state index contributed by atoms with van der Waals surface area (Å²) >= 11 is 0.108. The zero-order chi connectivity index (χ0) is 25.8. The zero-order valence-electron chi connectivity index (χ0n) is 16.7. The molecule has 2 saturated heterocycles. The van der Waals surface area contributed by atoms with Gasteiger partial charge in [0.15, 0.2) is 32.9 Å². The van der Waals surface area contributed by atoms with Crippen LogP contribution in [0, 0.1) is 0 Å². The molecule has 0 aromatic carbocycles. The van der Waals surface area contributed by atoms with Gasteiger partial charge < -0.3 is 8.37 Å². The minimum Gasteiger partial charge on any atom is -0.376 e. The largest absolute Gasteiger partial charge is 0.376 e. The SMILES string of the molecule is O=C(CC(N1C(=O)CCC1=O)S(=O)(=O)O)OSSOC(=O)CC(N1C(=O)CCC1=O)S(=O)(=O)O. The third-order valence-corrected chi connectivity index (χ3v) is 7.68. The Kier molecular flexibility index (Phi) is 9.04. The van der Waals surface area contributed by atoms with Crippen molar-refractivity contribution in [3.05, 3.63) is 0 Å². The number of carbonyl (C=O) groups is 6. The van der Waals surface area contributed by atoms with E-state index in [1.54, 1.807) is 0 Å². The molecule has 0 bridgehead atoms. The summed E-state index contributed by atoms with van der Waals surface area (Å²) in [6, 6.07) is 0. The highest BCUT2D eigenvalue weighted by Gasteiger charge is 2.44. The second kappa shape index (κ2) is 11.0. The van der Waals surface area contributed by atoms with Crippen LogP contribution in [0.5, 0.6) is 0 Å². The Bertz CT molecular complexity index is 997. The van der Waals surface area contributed by atoms with Crippen LogP contribution in [-0.2, 0) is 57.4 Å². The molecule has 2 unspecified atom stereocenters. The quantitative estimate of drug-likeness (QED) is 0.0984. The Morgan fingerprint density at radius 1 is 0.706 bits per heavy atom. The molecule has 2 atom stereocenters. The first kappa shape index (κ1) is 28.0. The summed E-state index contributed by atoms with van der Waals surface area (Å²) in [5.74, 6) is -6.35. The van der Waals surface area contributed by atoms with Crippen LogP contribution in [0.25, 0.3) is 0 Å². The van der Waals surface area contributed by atoms with Crippen molar-refractivity contribution >= 4 is 78.0 Å². The van der Waals surface area contributed by atoms with Crippen LogP contribution in [0.2, 0.25) is 0 Å². The minimum absolute atomic E-state index is 0.0542. The summed E-state index contributed by atoms with van der Waals surface area (Å²) in [5.41, 5.74) is 0. The van der Waals surface area contributed by atoms with E-state index < -0.39 is 79.4 Å². The predicted molar refractivity (Wildman–Crippen MR) is 109 cm³/mol. The highest BCUT2D eigenvalue weighted by Crippen LogP contribution is 2.28. The summed E-state index contributed by atoms with van der Waals surface area (Å²) in [7, 11) is -10.1. The van der Waals surface area contributed by atoms with Crippen molar-refractivity contribution in [3.63, 3.8) is 0 Å². The third kappa shape index (κ3) is 7.12. The molecule has 190 valence electrons. The summed E-state index contributed by atoms with van der Waals surface area (Å²) in [4.78, 5) is 70.9. The van der Waals surface area contributed by atoms with E-state index in [4.69, 9.17) is 0 Å². The van der Waals surface area contributed by atoms with Crippen molar-refractivity contribution in [2.45, 2.75) is 49.3 Å². The number of hydrogen-bond donors (Lipinski definition) is 2. The van der Waals surface area contributed by atoms with Gasteiger partial charge in [0.2, 0.25) is 23.6 Å². The summed E-state index contributed by atoms with van der Waals surface area (Å²) < 4.78 is 73.5. The fraction of sp³-hybridized carbons (Fsp3) is 0.571. The van der Waals surface area contributed by atoms with E-state index in [9.17, 15) is 54.7 Å². The van der Waals surface area contributed by atoms with Crippen LogP contribution in [0.4, 0.5) is 0 Å². The molecule has 0 radical (unpaired) electrons. The van der Waals surface area contributed by atoms with Crippen molar-refractivity contribution in [1.82, 2.24) is 9.80 Å². The maximum Gasteiger partial charge on any atom is 0.322 e. The molecule has 20 heteroatoms. The van der Waals surface area contributed by atoms with Gasteiger partial charge in [0.1, 0.15) is 0 Å². The Labute approximate surface area is 200 Å². The van der Waals surface area contributed by atoms with Crippen LogP contribution in [0.3, 0.4) is 0 Å². The average Bonchev–Trinajstić information content (AvgIpc) is 3.20. The van der Waals surface area contributed by atoms with Gasteiger partial charge in [-0.15, -0.1) is 0 Å². The minimum atomic E-state index is -5.06. The monoisotopic (exact) mass is 564 g/mol. The second-order valence-electron chi connectivity index (χ2n) is 6.71. The molecular formula is C14H16N2O14S4. The van der Waals surface area contributed by atoms with Crippen molar-refractivity contribution in [1.29, 1.82) is 0 Å². The van der Waals surface area contributed by atoms with Crippen molar-refractivity contribution in [2.24, 2.45) is 0 Å². The molecular weight excluding hydrogens is 548 g/mol. The molecule has 2 rings (SSSR count). The van der Waals surface area contributed by atoms with Crippen LogP contribution in [0.1, 0.15) is 38.5 Å². The van der Waals surface area contributed by atoms with Crippen LogP contribution in [-0.4, -0.2) is 82.1 Å². The summed E-state index contributed by atoms with van der Waals surface area (Å²) in [5, 5.41) is -4.44. The molecule has 2 aliphatic rings. The van der Waals surface area contributed by atoms with Gasteiger partial charge in [-0.05, 0) is 0 Å². The first-order chi connectivity index (χ1) is 15.6. The molecule has 4 amide bonds. The summed E-state index contributed by atoms with van der Waals surface area (Å²) in [6.07, 6.45) is -3.50. The Morgan fingerprint density at radius 2 is 0.971 bits per heavy atom. The zero-order valence-corrected chi connectivity index (χ0v) is 20.0. The smallest absolute Gasteiger partial charge is 0.322 e. The van der Waals surface area contributed by atoms with Gasteiger partial charge in [-0.25, -0.2) is 0 Å². The van der Waals surface area contributed by atoms with Gasteiger partial charge in [0.05, 0.1) is 12.8 Å². The first-order valence-electron chi connectivity index (χ1n) is 8.98. The fourth-order valence-corrected chi connectivity index (χ4v) is 5.61. The predicted octanol–water partition coefficient (Wildman–Crippen LogP) is -1.21. The fourth-order valence-electron chi connectivity index (χ4n) is 2.95. The standard InChI is InChI=1S/C14H16N2O14S4/c17-7-1-2-8(18)15(7)11(33(23,24)25)5-13(21)29-31-32-30-14(22)6-12(34(26,27)28)16-9(19)3-4-10(16)20/h11-12H,1-6H2,(H,23,24,25)(H,26,27,28). The van der Waals surface area contributed by atoms with Gasteiger partial charge in [0.25, 0.3) is 20.2 Å². The van der Waals surface area contributed by atoms with E-state index in [1.807, 2.05) is 0 Å². The van der Waals surface area contributed by atoms with Crippen molar-refractivity contribution in [2.75, 3.05) is 0 Å². The Balaban J connectivity index is 1.88. The van der Waals surface area contributed by atoms with Gasteiger partial charge in [-0.1, -0.05) is 0 Å². The molecule has 0 saturated carbocycles. The highest BCUT2D eigenvalue weighted by molar-refractivity contribution is 8.73. The number of hydrogen-bond acceptors (Lipinski definition) is 14. The maximum absolute atomic E-state index is 11.9. The van der Waals surface area contributed by atoms with E-state index in [2.05, 4.69) is 8.37 Å². The normalized spacial score (nSPS) is 18.9. The third-order valence-electron chi connectivity index (χ3n) is 4.41. The number of amides is 4. The lowest BCUT2D eigenvalue weighted by Crippen LogP contribution is -2.45. The molecule has 2 aliphatic heterocycles. The number of nitrogens with zero attached hydrogens (tertiary/aromatic N) is 2. The average molecular weight is 565 g/mol. The lowest BCUT2D eigenvalue weighted by atomic mass is 10.4. The van der Waals surface area contributed by atoms with Gasteiger partial charge in [-0.2, -0.15) is 16.8 Å². The molecule has 2 fully saturated rings. The molecule has 2 heterocycles. The van der Waals surface area contributed by atoms with E-state index >= 15 is 0 Å². The molecule has 0 aromatic rings. The molecule has 0 spiro atoms. The van der Waals surface area contributed by atoms with Crippen molar-refractivity contribution < 1.29 is 63.1 Å². The van der Waals surface area contributed by atoms with Gasteiger partial charge in [-0.3, -0.25) is 47.7 Å². The summed E-state index contributed by atoms with van der Waals surface area (Å²) in [6.45, 7) is 0. The molecule has 2 N–H and O–H groups in total. The lowest BCUT2D eigenvalue weighted by molar-refractivity contribution is -0.143. The molecule has 34 heavy (non-hydrogen) atoms. The second-order valence-corrected chi connectivity index (χ2v) is 11.3. The van der Waals surface area contributed by atoms with Crippen LogP contribution in [0.15, 0.2) is 0 Å². The highest BCUT2D eigenvalue weighted by atomic mass is 33.1. The van der Waals surface area contributed by atoms with Gasteiger partial charge >= 0.3 is 11.9 Å². The number of rotatable bonds is 11. The van der Waals surface area contributed by atoms with E-state index in [-0.39, 0.29) is 57.6 Å². The first-order valence-corrected chi connectivity index (χ1v) is 14.0. The number of likely N-dealkylation sites (tertiary alicyclic amines) is 2. The number of imide groups is 2. The van der Waals surface area contributed by atoms with E-state index in [0.717, 1.165) is 0 Å². The van der Waals surface area contributed by atoms with Crippen LogP contribution >= 0.6 is 22.1 Å². The Morgan fingerprint density at radius 3 is 1.21 bits per heavy atom. The Hall–Kier alpha value is -2.26. The number of carbonyl (C=O) groups excluding carboxylic acids is 6. The van der Waals surface area contributed by atoms with E-state index in [0.29, 0.717) is 0 Å². The molecule has 16 nitrogen and oxygen atoms in total.